The number of fused-ring (bicyclic) bond motifs is 1. The Morgan fingerprint density at radius 3 is 2.70 bits per heavy atom. The predicted molar refractivity (Wildman–Crippen MR) is 86.0 cm³/mol. The number of hydrogen-bond acceptors (Lipinski definition) is 4. The van der Waals surface area contributed by atoms with Crippen molar-refractivity contribution in [2.45, 2.75) is 20.3 Å². The lowest BCUT2D eigenvalue weighted by Gasteiger charge is -2.22. The van der Waals surface area contributed by atoms with Crippen LogP contribution in [0.3, 0.4) is 0 Å². The molecular formula is C15H21ClN4. The van der Waals surface area contributed by atoms with E-state index in [2.05, 4.69) is 46.2 Å². The molecule has 1 N–H and O–H groups in total. The number of aromatic nitrogens is 2. The molecule has 1 saturated heterocycles. The van der Waals surface area contributed by atoms with Crippen LogP contribution in [0, 0.1) is 13.8 Å². The third-order valence-electron chi connectivity index (χ3n) is 3.87. The minimum atomic E-state index is 0. The second-order valence-electron chi connectivity index (χ2n) is 5.24. The molecule has 4 nitrogen and oxygen atoms in total. The highest BCUT2D eigenvalue weighted by atomic mass is 35.5. The summed E-state index contributed by atoms with van der Waals surface area (Å²) in [6.45, 7) is 8.47. The lowest BCUT2D eigenvalue weighted by Crippen LogP contribution is -2.28. The van der Waals surface area contributed by atoms with Crippen LogP contribution >= 0.6 is 12.4 Å². The van der Waals surface area contributed by atoms with Gasteiger partial charge in [-0.25, -0.2) is 9.97 Å². The second kappa shape index (κ2) is 6.37. The maximum Gasteiger partial charge on any atom is 0.139 e. The van der Waals surface area contributed by atoms with E-state index in [-0.39, 0.29) is 12.4 Å². The topological polar surface area (TPSA) is 41.1 Å². The third-order valence-corrected chi connectivity index (χ3v) is 3.87. The van der Waals surface area contributed by atoms with E-state index in [0.717, 1.165) is 43.9 Å². The zero-order valence-electron chi connectivity index (χ0n) is 12.0. The van der Waals surface area contributed by atoms with E-state index >= 15 is 0 Å². The summed E-state index contributed by atoms with van der Waals surface area (Å²) >= 11 is 0. The third kappa shape index (κ3) is 2.86. The number of halogens is 1. The van der Waals surface area contributed by atoms with E-state index in [1.807, 2.05) is 0 Å². The minimum absolute atomic E-state index is 0. The van der Waals surface area contributed by atoms with E-state index in [1.165, 1.54) is 16.5 Å². The monoisotopic (exact) mass is 292 g/mol. The fourth-order valence-electron chi connectivity index (χ4n) is 2.61. The number of benzene rings is 1. The smallest absolute Gasteiger partial charge is 0.139 e. The summed E-state index contributed by atoms with van der Waals surface area (Å²) in [5, 5.41) is 4.60. The van der Waals surface area contributed by atoms with Crippen LogP contribution in [0.25, 0.3) is 10.9 Å². The molecule has 1 aromatic carbocycles. The van der Waals surface area contributed by atoms with Crippen LogP contribution in [0.4, 0.5) is 5.82 Å². The lowest BCUT2D eigenvalue weighted by molar-refractivity contribution is 0.724. The Balaban J connectivity index is 0.00000147. The highest BCUT2D eigenvalue weighted by Crippen LogP contribution is 2.26. The SMILES string of the molecule is Cc1cc2ncnc(N3CCCNCC3)c2cc1C.Cl. The van der Waals surface area contributed by atoms with Crippen molar-refractivity contribution in [2.24, 2.45) is 0 Å². The first-order valence-electron chi connectivity index (χ1n) is 6.93. The first kappa shape index (κ1) is 15.0. The number of hydrogen-bond donors (Lipinski definition) is 1. The molecule has 1 aliphatic rings. The Hall–Kier alpha value is -1.39. The minimum Gasteiger partial charge on any atom is -0.355 e. The van der Waals surface area contributed by atoms with E-state index in [9.17, 15) is 0 Å². The standard InChI is InChI=1S/C15H20N4.ClH/c1-11-8-13-14(9-12(11)2)17-10-18-15(13)19-6-3-4-16-5-7-19;/h8-10,16H,3-7H2,1-2H3;1H. The number of nitrogens with one attached hydrogen (secondary N) is 1. The van der Waals surface area contributed by atoms with Gasteiger partial charge in [0.2, 0.25) is 0 Å². The van der Waals surface area contributed by atoms with Gasteiger partial charge in [-0.2, -0.15) is 0 Å². The number of anilines is 1. The zero-order chi connectivity index (χ0) is 13.2. The van der Waals surface area contributed by atoms with Gasteiger partial charge in [-0.15, -0.1) is 12.4 Å². The van der Waals surface area contributed by atoms with Gasteiger partial charge in [0.1, 0.15) is 12.1 Å². The van der Waals surface area contributed by atoms with Crippen molar-refractivity contribution < 1.29 is 0 Å². The molecule has 3 rings (SSSR count). The summed E-state index contributed by atoms with van der Waals surface area (Å²) in [7, 11) is 0. The van der Waals surface area contributed by atoms with Crippen LogP contribution in [0.2, 0.25) is 0 Å². The number of nitrogens with zero attached hydrogens (tertiary/aromatic N) is 3. The predicted octanol–water partition coefficient (Wildman–Crippen LogP) is 2.47. The quantitative estimate of drug-likeness (QED) is 0.877. The Kier molecular flexibility index (Phi) is 4.78. The maximum absolute atomic E-state index is 4.53. The van der Waals surface area contributed by atoms with Gasteiger partial charge in [0.15, 0.2) is 0 Å². The van der Waals surface area contributed by atoms with Gasteiger partial charge in [0.05, 0.1) is 5.52 Å². The van der Waals surface area contributed by atoms with Crippen LogP contribution in [-0.4, -0.2) is 36.1 Å². The molecule has 2 aromatic rings. The van der Waals surface area contributed by atoms with Crippen molar-refractivity contribution in [3.63, 3.8) is 0 Å². The fraction of sp³-hybridized carbons (Fsp3) is 0.467. The van der Waals surface area contributed by atoms with Crippen molar-refractivity contribution in [3.8, 4) is 0 Å². The summed E-state index contributed by atoms with van der Waals surface area (Å²) < 4.78 is 0. The molecule has 0 atom stereocenters. The highest BCUT2D eigenvalue weighted by Gasteiger charge is 2.14. The molecule has 0 amide bonds. The van der Waals surface area contributed by atoms with Gasteiger partial charge < -0.3 is 10.2 Å². The molecule has 0 saturated carbocycles. The Morgan fingerprint density at radius 1 is 1.05 bits per heavy atom. The number of rotatable bonds is 1. The second-order valence-corrected chi connectivity index (χ2v) is 5.24. The average Bonchev–Trinajstić information content (AvgIpc) is 2.68. The molecule has 2 heterocycles. The molecule has 0 radical (unpaired) electrons. The molecular weight excluding hydrogens is 272 g/mol. The first-order chi connectivity index (χ1) is 9.25. The summed E-state index contributed by atoms with van der Waals surface area (Å²) in [6.07, 6.45) is 2.85. The van der Waals surface area contributed by atoms with E-state index in [0.29, 0.717) is 0 Å². The van der Waals surface area contributed by atoms with Crippen LogP contribution < -0.4 is 10.2 Å². The highest BCUT2D eigenvalue weighted by molar-refractivity contribution is 5.90. The van der Waals surface area contributed by atoms with E-state index < -0.39 is 0 Å². The molecule has 5 heteroatoms. The van der Waals surface area contributed by atoms with Gasteiger partial charge in [-0.3, -0.25) is 0 Å². The van der Waals surface area contributed by atoms with Crippen molar-refractivity contribution >= 4 is 29.1 Å². The molecule has 0 aliphatic carbocycles. The van der Waals surface area contributed by atoms with Gasteiger partial charge >= 0.3 is 0 Å². The Labute approximate surface area is 126 Å². The molecule has 20 heavy (non-hydrogen) atoms. The van der Waals surface area contributed by atoms with Gasteiger partial charge in [-0.05, 0) is 50.1 Å². The Morgan fingerprint density at radius 2 is 1.85 bits per heavy atom. The largest absolute Gasteiger partial charge is 0.355 e. The Bertz CT molecular complexity index is 592. The number of aryl methyl sites for hydroxylation is 2. The van der Waals surface area contributed by atoms with Crippen LogP contribution in [-0.2, 0) is 0 Å². The van der Waals surface area contributed by atoms with Crippen LogP contribution in [0.15, 0.2) is 18.5 Å². The van der Waals surface area contributed by atoms with Crippen molar-refractivity contribution in [1.82, 2.24) is 15.3 Å². The first-order valence-corrected chi connectivity index (χ1v) is 6.93. The molecule has 0 bridgehead atoms. The summed E-state index contributed by atoms with van der Waals surface area (Å²) in [5.41, 5.74) is 3.64. The molecule has 1 aromatic heterocycles. The summed E-state index contributed by atoms with van der Waals surface area (Å²) in [4.78, 5) is 11.3. The summed E-state index contributed by atoms with van der Waals surface area (Å²) in [5.74, 6) is 1.08. The molecule has 0 unspecified atom stereocenters. The van der Waals surface area contributed by atoms with Crippen molar-refractivity contribution in [3.05, 3.63) is 29.6 Å². The van der Waals surface area contributed by atoms with Crippen LogP contribution in [0.5, 0.6) is 0 Å². The van der Waals surface area contributed by atoms with Crippen molar-refractivity contribution in [2.75, 3.05) is 31.1 Å². The average molecular weight is 293 g/mol. The molecule has 0 spiro atoms. The van der Waals surface area contributed by atoms with Gasteiger partial charge in [-0.1, -0.05) is 0 Å². The van der Waals surface area contributed by atoms with Gasteiger partial charge in [0.25, 0.3) is 0 Å². The van der Waals surface area contributed by atoms with E-state index in [4.69, 9.17) is 0 Å². The molecule has 1 fully saturated rings. The fourth-order valence-corrected chi connectivity index (χ4v) is 2.61. The van der Waals surface area contributed by atoms with E-state index in [1.54, 1.807) is 6.33 Å². The molecule has 108 valence electrons. The normalized spacial score (nSPS) is 15.8. The van der Waals surface area contributed by atoms with Crippen LogP contribution in [0.1, 0.15) is 17.5 Å². The lowest BCUT2D eigenvalue weighted by atomic mass is 10.1. The van der Waals surface area contributed by atoms with Crippen molar-refractivity contribution in [1.29, 1.82) is 0 Å². The molecule has 1 aliphatic heterocycles. The zero-order valence-corrected chi connectivity index (χ0v) is 12.8. The summed E-state index contributed by atoms with van der Waals surface area (Å²) in [6, 6.07) is 4.38. The van der Waals surface area contributed by atoms with Gasteiger partial charge in [0, 0.05) is 25.0 Å². The maximum atomic E-state index is 4.53.